The number of aryl methyl sites for hydroxylation is 3. The van der Waals surface area contributed by atoms with Crippen molar-refractivity contribution in [1.29, 1.82) is 0 Å². The van der Waals surface area contributed by atoms with Gasteiger partial charge in [-0.25, -0.2) is 0 Å². The van der Waals surface area contributed by atoms with Crippen LogP contribution in [-0.2, 0) is 0 Å². The first-order valence-electron chi connectivity index (χ1n) is 20.5. The summed E-state index contributed by atoms with van der Waals surface area (Å²) < 4.78 is 0. The molecule has 0 bridgehead atoms. The van der Waals surface area contributed by atoms with Gasteiger partial charge in [0.2, 0.25) is 0 Å². The minimum Gasteiger partial charge on any atom is -0.299 e. The average molecular weight is 823 g/mol. The SMILES string of the molecule is C=C.C=C.Cc1ccc2c(N(c3cccs3)c3c4ccccc4cc4ccccc34)c3cc(C)c(C)cc3c(N(c3cccs3)c3c4ccccc4cc4ccccc34)c2c1. The van der Waals surface area contributed by atoms with E-state index in [0.717, 1.165) is 0 Å². The van der Waals surface area contributed by atoms with Gasteiger partial charge in [-0.05, 0) is 119 Å². The predicted octanol–water partition coefficient (Wildman–Crippen LogP) is 18.2. The number of rotatable bonds is 6. The lowest BCUT2D eigenvalue weighted by Gasteiger charge is -2.34. The fourth-order valence-electron chi connectivity index (χ4n) is 8.96. The first-order valence-corrected chi connectivity index (χ1v) is 22.2. The molecule has 0 radical (unpaired) electrons. The zero-order chi connectivity index (χ0) is 42.2. The van der Waals surface area contributed by atoms with E-state index in [1.54, 1.807) is 22.7 Å². The number of benzene rings is 9. The Labute approximate surface area is 366 Å². The van der Waals surface area contributed by atoms with Crippen molar-refractivity contribution in [3.8, 4) is 0 Å². The second kappa shape index (κ2) is 16.6. The van der Waals surface area contributed by atoms with Gasteiger partial charge in [0.05, 0.1) is 32.8 Å². The molecule has 9 aromatic carbocycles. The van der Waals surface area contributed by atoms with Crippen LogP contribution in [0, 0.1) is 20.8 Å². The minimum absolute atomic E-state index is 1.18. The normalized spacial score (nSPS) is 11.1. The number of nitrogens with zero attached hydrogens (tertiary/aromatic N) is 2. The third kappa shape index (κ3) is 6.65. The fraction of sp³-hybridized carbons (Fsp3) is 0.0526. The molecule has 0 aliphatic carbocycles. The van der Waals surface area contributed by atoms with Crippen LogP contribution in [0.5, 0.6) is 0 Å². The van der Waals surface area contributed by atoms with Gasteiger partial charge in [-0.3, -0.25) is 9.80 Å². The van der Waals surface area contributed by atoms with Crippen molar-refractivity contribution in [1.82, 2.24) is 0 Å². The van der Waals surface area contributed by atoms with E-state index in [1.807, 2.05) is 0 Å². The summed E-state index contributed by atoms with van der Waals surface area (Å²) in [6, 6.07) is 61.1. The second-order valence-electron chi connectivity index (χ2n) is 15.1. The van der Waals surface area contributed by atoms with Crippen LogP contribution in [-0.4, -0.2) is 0 Å². The molecule has 0 fully saturated rings. The van der Waals surface area contributed by atoms with E-state index >= 15 is 0 Å². The molecule has 2 nitrogen and oxygen atoms in total. The van der Waals surface area contributed by atoms with Gasteiger partial charge in [-0.1, -0.05) is 115 Å². The Morgan fingerprint density at radius 2 is 0.672 bits per heavy atom. The Bertz CT molecular complexity index is 3270. The van der Waals surface area contributed by atoms with Crippen LogP contribution >= 0.6 is 22.7 Å². The van der Waals surface area contributed by atoms with Gasteiger partial charge in [0, 0.05) is 43.1 Å². The summed E-state index contributed by atoms with van der Waals surface area (Å²) in [6.07, 6.45) is 0. The summed E-state index contributed by atoms with van der Waals surface area (Å²) in [6.45, 7) is 18.7. The third-order valence-electron chi connectivity index (χ3n) is 11.7. The highest BCUT2D eigenvalue weighted by atomic mass is 32.1. The molecule has 11 rings (SSSR count). The smallest absolute Gasteiger partial charge is 0.1000 e. The maximum Gasteiger partial charge on any atom is 0.1000 e. The van der Waals surface area contributed by atoms with Crippen molar-refractivity contribution in [2.24, 2.45) is 0 Å². The largest absolute Gasteiger partial charge is 0.299 e. The number of fused-ring (bicyclic) bond motifs is 6. The topological polar surface area (TPSA) is 6.48 Å². The van der Waals surface area contributed by atoms with E-state index in [1.165, 1.54) is 114 Å². The lowest BCUT2D eigenvalue weighted by molar-refractivity contribution is 1.33. The zero-order valence-electron chi connectivity index (χ0n) is 34.8. The second-order valence-corrected chi connectivity index (χ2v) is 17.0. The Balaban J connectivity index is 0.00000116. The van der Waals surface area contributed by atoms with Crippen LogP contribution in [0.25, 0.3) is 64.6 Å². The monoisotopic (exact) mass is 822 g/mol. The molecule has 0 spiro atoms. The highest BCUT2D eigenvalue weighted by Gasteiger charge is 2.29. The van der Waals surface area contributed by atoms with Crippen molar-refractivity contribution in [2.45, 2.75) is 20.8 Å². The van der Waals surface area contributed by atoms with Gasteiger partial charge < -0.3 is 0 Å². The molecule has 296 valence electrons. The van der Waals surface area contributed by atoms with Crippen LogP contribution in [0.1, 0.15) is 16.7 Å². The Kier molecular flexibility index (Phi) is 10.7. The lowest BCUT2D eigenvalue weighted by Crippen LogP contribution is -2.15. The van der Waals surface area contributed by atoms with E-state index in [-0.39, 0.29) is 0 Å². The molecule has 61 heavy (non-hydrogen) atoms. The van der Waals surface area contributed by atoms with Gasteiger partial charge in [0.25, 0.3) is 0 Å². The highest BCUT2D eigenvalue weighted by molar-refractivity contribution is 7.14. The van der Waals surface area contributed by atoms with E-state index in [0.29, 0.717) is 0 Å². The molecule has 0 aliphatic heterocycles. The molecule has 0 atom stereocenters. The van der Waals surface area contributed by atoms with Crippen LogP contribution < -0.4 is 9.80 Å². The number of anilines is 6. The van der Waals surface area contributed by atoms with Gasteiger partial charge >= 0.3 is 0 Å². The Morgan fingerprint density at radius 1 is 0.328 bits per heavy atom. The summed E-state index contributed by atoms with van der Waals surface area (Å²) in [7, 11) is 0. The number of hydrogen-bond donors (Lipinski definition) is 0. The van der Waals surface area contributed by atoms with Gasteiger partial charge in [-0.2, -0.15) is 0 Å². The maximum atomic E-state index is 3.00. The Hall–Kier alpha value is -6.98. The molecule has 11 aromatic rings. The van der Waals surface area contributed by atoms with E-state index < -0.39 is 0 Å². The van der Waals surface area contributed by atoms with Crippen molar-refractivity contribution < 1.29 is 0 Å². The van der Waals surface area contributed by atoms with Crippen molar-refractivity contribution in [2.75, 3.05) is 9.80 Å². The van der Waals surface area contributed by atoms with E-state index in [9.17, 15) is 0 Å². The van der Waals surface area contributed by atoms with Crippen LogP contribution in [0.15, 0.2) is 201 Å². The van der Waals surface area contributed by atoms with E-state index in [4.69, 9.17) is 0 Å². The van der Waals surface area contributed by atoms with Crippen LogP contribution in [0.4, 0.5) is 32.8 Å². The summed E-state index contributed by atoms with van der Waals surface area (Å²) >= 11 is 3.58. The molecule has 0 saturated carbocycles. The van der Waals surface area contributed by atoms with Crippen molar-refractivity contribution >= 4 is 120 Å². The predicted molar refractivity (Wildman–Crippen MR) is 273 cm³/mol. The fourth-order valence-corrected chi connectivity index (χ4v) is 10.4. The van der Waals surface area contributed by atoms with Crippen LogP contribution in [0.3, 0.4) is 0 Å². The average Bonchev–Trinajstić information content (AvgIpc) is 4.05. The molecule has 2 aromatic heterocycles. The standard InChI is InChI=1S/C53H38N2S2.2C2H4/c1-33-24-25-44-45(28-33)53(55(49-23-13-27-57-49)51-42-20-10-6-16-38(42)32-39-17-7-11-21-43(39)51)47-30-35(3)34(2)29-46(47)52(44)54(48-22-12-26-56-48)50-40-18-8-4-14-36(40)31-37-15-5-9-19-41(37)50;2*1-2/h4-32H,1-3H3;2*1-2H2. The molecular weight excluding hydrogens is 777 g/mol. The van der Waals surface area contributed by atoms with Crippen LogP contribution in [0.2, 0.25) is 0 Å². The molecule has 4 heteroatoms. The highest BCUT2D eigenvalue weighted by Crippen LogP contribution is 2.56. The quantitative estimate of drug-likeness (QED) is 0.0936. The van der Waals surface area contributed by atoms with Gasteiger partial charge in [0.15, 0.2) is 0 Å². The summed E-state index contributed by atoms with van der Waals surface area (Å²) in [5.74, 6) is 0. The van der Waals surface area contributed by atoms with Crippen molar-refractivity contribution in [3.05, 3.63) is 218 Å². The van der Waals surface area contributed by atoms with E-state index in [2.05, 4.69) is 231 Å². The lowest BCUT2D eigenvalue weighted by atomic mass is 9.91. The summed E-state index contributed by atoms with van der Waals surface area (Å²) in [5.41, 5.74) is 8.58. The third-order valence-corrected chi connectivity index (χ3v) is 13.4. The number of hydrogen-bond acceptors (Lipinski definition) is 4. The summed E-state index contributed by atoms with van der Waals surface area (Å²) in [4.78, 5) is 5.16. The summed E-state index contributed by atoms with van der Waals surface area (Å²) in [5, 5.41) is 21.5. The van der Waals surface area contributed by atoms with Gasteiger partial charge in [0.1, 0.15) is 0 Å². The first-order chi connectivity index (χ1) is 30.0. The maximum absolute atomic E-state index is 3.00. The molecule has 0 amide bonds. The molecule has 0 unspecified atom stereocenters. The zero-order valence-corrected chi connectivity index (χ0v) is 36.4. The molecule has 0 aliphatic rings. The van der Waals surface area contributed by atoms with Gasteiger partial charge in [-0.15, -0.1) is 49.0 Å². The first kappa shape index (κ1) is 39.5. The van der Waals surface area contributed by atoms with Crippen molar-refractivity contribution in [3.63, 3.8) is 0 Å². The molecule has 2 heterocycles. The molecule has 0 saturated heterocycles. The molecular formula is C57H46N2S2. The Morgan fingerprint density at radius 3 is 1.05 bits per heavy atom. The number of thiophene rings is 2. The minimum atomic E-state index is 1.18. The molecule has 0 N–H and O–H groups in total.